The maximum absolute atomic E-state index is 12.2. The predicted octanol–water partition coefficient (Wildman–Crippen LogP) is 3.16. The van der Waals surface area contributed by atoms with Crippen molar-refractivity contribution in [3.05, 3.63) is 29.8 Å². The van der Waals surface area contributed by atoms with Crippen LogP contribution < -0.4 is 10.1 Å². The molecular formula is C15H17F2NO3. The van der Waals surface area contributed by atoms with Gasteiger partial charge in [0.2, 0.25) is 0 Å². The van der Waals surface area contributed by atoms with E-state index < -0.39 is 18.3 Å². The van der Waals surface area contributed by atoms with Crippen LogP contribution in [0.15, 0.2) is 24.3 Å². The minimum absolute atomic E-state index is 0.00253. The van der Waals surface area contributed by atoms with Gasteiger partial charge in [-0.3, -0.25) is 0 Å². The first-order valence-electron chi connectivity index (χ1n) is 6.27. The molecule has 0 heterocycles. The van der Waals surface area contributed by atoms with Crippen LogP contribution in [0.4, 0.5) is 13.6 Å². The highest BCUT2D eigenvalue weighted by atomic mass is 19.3. The molecule has 0 saturated heterocycles. The van der Waals surface area contributed by atoms with E-state index in [4.69, 9.17) is 4.74 Å². The van der Waals surface area contributed by atoms with E-state index in [0.717, 1.165) is 0 Å². The summed E-state index contributed by atoms with van der Waals surface area (Å²) in [7, 11) is 0. The first kappa shape index (κ1) is 16.8. The number of alkyl halides is 2. The molecule has 0 fully saturated rings. The zero-order chi connectivity index (χ0) is 15.9. The number of carbonyl (C=O) groups excluding carboxylic acids is 1. The molecule has 0 spiro atoms. The van der Waals surface area contributed by atoms with Crippen LogP contribution in [0.1, 0.15) is 26.3 Å². The monoisotopic (exact) mass is 297 g/mol. The van der Waals surface area contributed by atoms with Gasteiger partial charge in [-0.2, -0.15) is 8.78 Å². The van der Waals surface area contributed by atoms with Gasteiger partial charge in [0.25, 0.3) is 0 Å². The van der Waals surface area contributed by atoms with Crippen molar-refractivity contribution in [1.29, 1.82) is 0 Å². The maximum Gasteiger partial charge on any atom is 0.408 e. The molecule has 6 heteroatoms. The SMILES string of the molecule is CC(C)(C)OC(=O)NCC#Cc1ccccc1OC(F)F. The Morgan fingerprint density at radius 3 is 2.62 bits per heavy atom. The molecule has 0 aromatic heterocycles. The van der Waals surface area contributed by atoms with Crippen LogP contribution in [0.5, 0.6) is 5.75 Å². The number of hydrogen-bond acceptors (Lipinski definition) is 3. The first-order chi connectivity index (χ1) is 9.78. The zero-order valence-electron chi connectivity index (χ0n) is 12.1. The van der Waals surface area contributed by atoms with Gasteiger partial charge in [0, 0.05) is 0 Å². The summed E-state index contributed by atoms with van der Waals surface area (Å²) in [6, 6.07) is 6.18. The van der Waals surface area contributed by atoms with Gasteiger partial charge >= 0.3 is 12.7 Å². The molecule has 0 bridgehead atoms. The van der Waals surface area contributed by atoms with E-state index in [1.807, 2.05) is 0 Å². The summed E-state index contributed by atoms with van der Waals surface area (Å²) in [6.45, 7) is 2.37. The van der Waals surface area contributed by atoms with Gasteiger partial charge in [0.15, 0.2) is 0 Å². The summed E-state index contributed by atoms with van der Waals surface area (Å²) < 4.78 is 33.8. The molecule has 1 N–H and O–H groups in total. The number of ether oxygens (including phenoxy) is 2. The average molecular weight is 297 g/mol. The van der Waals surface area contributed by atoms with Gasteiger partial charge in [-0.25, -0.2) is 4.79 Å². The van der Waals surface area contributed by atoms with Crippen LogP contribution in [-0.4, -0.2) is 24.9 Å². The van der Waals surface area contributed by atoms with E-state index in [2.05, 4.69) is 21.9 Å². The van der Waals surface area contributed by atoms with E-state index >= 15 is 0 Å². The molecule has 0 radical (unpaired) electrons. The molecule has 1 rings (SSSR count). The second kappa shape index (κ2) is 7.48. The highest BCUT2D eigenvalue weighted by molar-refractivity contribution is 5.68. The van der Waals surface area contributed by atoms with Gasteiger partial charge in [-0.1, -0.05) is 24.0 Å². The molecule has 114 valence electrons. The van der Waals surface area contributed by atoms with Gasteiger partial charge in [-0.15, -0.1) is 0 Å². The Labute approximate surface area is 122 Å². The summed E-state index contributed by atoms with van der Waals surface area (Å²) in [5, 5.41) is 2.45. The Morgan fingerprint density at radius 2 is 2.00 bits per heavy atom. The third-order valence-electron chi connectivity index (χ3n) is 2.05. The molecule has 0 atom stereocenters. The number of nitrogens with one attached hydrogen (secondary N) is 1. The minimum Gasteiger partial charge on any atom is -0.444 e. The fraction of sp³-hybridized carbons (Fsp3) is 0.400. The predicted molar refractivity (Wildman–Crippen MR) is 74.2 cm³/mol. The van der Waals surface area contributed by atoms with Crippen LogP contribution >= 0.6 is 0 Å². The van der Waals surface area contributed by atoms with Crippen molar-refractivity contribution in [1.82, 2.24) is 5.32 Å². The van der Waals surface area contributed by atoms with Gasteiger partial charge < -0.3 is 14.8 Å². The second-order valence-corrected chi connectivity index (χ2v) is 5.03. The second-order valence-electron chi connectivity index (χ2n) is 5.03. The van der Waals surface area contributed by atoms with Gasteiger partial charge in [0.05, 0.1) is 12.1 Å². The Morgan fingerprint density at radius 1 is 1.33 bits per heavy atom. The lowest BCUT2D eigenvalue weighted by atomic mass is 10.2. The summed E-state index contributed by atoms with van der Waals surface area (Å²) in [5.41, 5.74) is -0.265. The number of amides is 1. The number of carbonyl (C=O) groups is 1. The van der Waals surface area contributed by atoms with E-state index in [1.165, 1.54) is 6.07 Å². The fourth-order valence-electron chi connectivity index (χ4n) is 1.34. The molecule has 0 aliphatic rings. The minimum atomic E-state index is -2.91. The summed E-state index contributed by atoms with van der Waals surface area (Å²) >= 11 is 0. The van der Waals surface area contributed by atoms with Crippen molar-refractivity contribution in [3.63, 3.8) is 0 Å². The number of hydrogen-bond donors (Lipinski definition) is 1. The highest BCUT2D eigenvalue weighted by Gasteiger charge is 2.15. The van der Waals surface area contributed by atoms with Crippen molar-refractivity contribution < 1.29 is 23.0 Å². The van der Waals surface area contributed by atoms with Crippen LogP contribution in [0.25, 0.3) is 0 Å². The zero-order valence-corrected chi connectivity index (χ0v) is 12.1. The number of para-hydroxylation sites is 1. The highest BCUT2D eigenvalue weighted by Crippen LogP contribution is 2.18. The lowest BCUT2D eigenvalue weighted by Gasteiger charge is -2.19. The maximum atomic E-state index is 12.2. The molecule has 1 aromatic rings. The van der Waals surface area contributed by atoms with E-state index in [-0.39, 0.29) is 12.3 Å². The summed E-state index contributed by atoms with van der Waals surface area (Å²) in [6.07, 6.45) is -0.589. The van der Waals surface area contributed by atoms with Crippen LogP contribution in [-0.2, 0) is 4.74 Å². The lowest BCUT2D eigenvalue weighted by Crippen LogP contribution is -2.32. The Balaban J connectivity index is 2.57. The molecule has 0 aliphatic carbocycles. The third-order valence-corrected chi connectivity index (χ3v) is 2.05. The van der Waals surface area contributed by atoms with Crippen LogP contribution in [0.2, 0.25) is 0 Å². The molecule has 1 aromatic carbocycles. The summed E-state index contributed by atoms with van der Waals surface area (Å²) in [4.78, 5) is 11.4. The third kappa shape index (κ3) is 7.16. The van der Waals surface area contributed by atoms with E-state index in [0.29, 0.717) is 5.56 Å². The van der Waals surface area contributed by atoms with E-state index in [1.54, 1.807) is 39.0 Å². The van der Waals surface area contributed by atoms with Crippen LogP contribution in [0, 0.1) is 11.8 Å². The molecular weight excluding hydrogens is 280 g/mol. The molecule has 0 unspecified atom stereocenters. The van der Waals surface area contributed by atoms with Crippen LogP contribution in [0.3, 0.4) is 0 Å². The number of alkyl carbamates (subject to hydrolysis) is 1. The van der Waals surface area contributed by atoms with Crippen molar-refractivity contribution in [2.24, 2.45) is 0 Å². The molecule has 21 heavy (non-hydrogen) atoms. The molecule has 0 saturated carbocycles. The largest absolute Gasteiger partial charge is 0.444 e. The Hall–Kier alpha value is -2.29. The van der Waals surface area contributed by atoms with Crippen molar-refractivity contribution >= 4 is 6.09 Å². The van der Waals surface area contributed by atoms with Crippen molar-refractivity contribution in [2.75, 3.05) is 6.54 Å². The number of benzene rings is 1. The summed E-state index contributed by atoms with van der Waals surface area (Å²) in [5.74, 6) is 5.30. The van der Waals surface area contributed by atoms with Gasteiger partial charge in [0.1, 0.15) is 11.4 Å². The van der Waals surface area contributed by atoms with Crippen molar-refractivity contribution in [3.8, 4) is 17.6 Å². The average Bonchev–Trinajstić information content (AvgIpc) is 2.33. The molecule has 4 nitrogen and oxygen atoms in total. The lowest BCUT2D eigenvalue weighted by molar-refractivity contribution is -0.0500. The number of rotatable bonds is 3. The smallest absolute Gasteiger partial charge is 0.408 e. The van der Waals surface area contributed by atoms with Gasteiger partial charge in [-0.05, 0) is 32.9 Å². The topological polar surface area (TPSA) is 47.6 Å². The Bertz CT molecular complexity index is 542. The molecule has 1 amide bonds. The number of halogens is 2. The quantitative estimate of drug-likeness (QED) is 0.872. The normalized spacial score (nSPS) is 10.6. The van der Waals surface area contributed by atoms with Crippen molar-refractivity contribution in [2.45, 2.75) is 33.0 Å². The standard InChI is InChI=1S/C15H17F2NO3/c1-15(2,3)21-14(19)18-10-6-8-11-7-4-5-9-12(11)20-13(16)17/h4-5,7,9,13H,10H2,1-3H3,(H,18,19). The Kier molecular flexibility index (Phi) is 5.97. The molecule has 0 aliphatic heterocycles. The fourth-order valence-corrected chi connectivity index (χ4v) is 1.34. The van der Waals surface area contributed by atoms with E-state index in [9.17, 15) is 13.6 Å². The first-order valence-corrected chi connectivity index (χ1v) is 6.27.